The molecule has 0 bridgehead atoms. The molecule has 31 heavy (non-hydrogen) atoms. The number of benzene rings is 4. The highest BCUT2D eigenvalue weighted by molar-refractivity contribution is 6.14. The second kappa shape index (κ2) is 7.50. The van der Waals surface area contributed by atoms with Crippen LogP contribution >= 0.6 is 0 Å². The quantitative estimate of drug-likeness (QED) is 0.409. The molecule has 4 aromatic carbocycles. The summed E-state index contributed by atoms with van der Waals surface area (Å²) >= 11 is 0. The molecule has 0 saturated heterocycles. The number of nitrogens with two attached hydrogens (primary N) is 1. The smallest absolute Gasteiger partial charge is 0.256 e. The van der Waals surface area contributed by atoms with Crippen LogP contribution in [0.4, 0.5) is 11.5 Å². The Labute approximate surface area is 178 Å². The third-order valence-corrected chi connectivity index (χ3v) is 5.30. The Morgan fingerprint density at radius 1 is 1.00 bits per heavy atom. The predicted octanol–water partition coefficient (Wildman–Crippen LogP) is 5.49. The van der Waals surface area contributed by atoms with Gasteiger partial charge in [-0.05, 0) is 58.3 Å². The van der Waals surface area contributed by atoms with Gasteiger partial charge in [0.15, 0.2) is 11.6 Å². The van der Waals surface area contributed by atoms with Crippen molar-refractivity contribution < 1.29 is 14.1 Å². The van der Waals surface area contributed by atoms with Crippen molar-refractivity contribution >= 4 is 39.2 Å². The van der Waals surface area contributed by atoms with Gasteiger partial charge >= 0.3 is 0 Å². The van der Waals surface area contributed by atoms with E-state index in [2.05, 4.69) is 10.5 Å². The number of methoxy groups -OCH3 is 1. The molecule has 152 valence electrons. The average molecular weight is 409 g/mol. The third-order valence-electron chi connectivity index (χ3n) is 5.30. The first kappa shape index (κ1) is 18.7. The van der Waals surface area contributed by atoms with Crippen molar-refractivity contribution in [2.45, 2.75) is 0 Å². The van der Waals surface area contributed by atoms with Gasteiger partial charge in [-0.1, -0.05) is 47.6 Å². The van der Waals surface area contributed by atoms with Crippen LogP contribution in [-0.2, 0) is 0 Å². The van der Waals surface area contributed by atoms with Crippen LogP contribution in [0.3, 0.4) is 0 Å². The van der Waals surface area contributed by atoms with Crippen LogP contribution in [0.1, 0.15) is 10.4 Å². The van der Waals surface area contributed by atoms with Crippen LogP contribution in [0.5, 0.6) is 5.75 Å². The summed E-state index contributed by atoms with van der Waals surface area (Å²) < 4.78 is 10.7. The SMILES string of the molecule is COc1ccc(-c2ccc3c(C(=O)Nc4ccccc4)cccc3c2)c2c(N)noc12. The number of carbonyl (C=O) groups is 1. The van der Waals surface area contributed by atoms with Gasteiger partial charge in [-0.2, -0.15) is 0 Å². The van der Waals surface area contributed by atoms with E-state index in [-0.39, 0.29) is 5.91 Å². The standard InChI is InChI=1S/C25H19N3O3/c1-30-21-13-12-19(22-23(21)31-28-24(22)26)16-10-11-18-15(14-16)6-5-9-20(18)25(29)27-17-7-3-2-4-8-17/h2-14H,1H3,(H2,26,28)(H,27,29). The van der Waals surface area contributed by atoms with Gasteiger partial charge in [0.1, 0.15) is 0 Å². The molecule has 1 amide bonds. The maximum atomic E-state index is 12.9. The molecule has 0 aliphatic carbocycles. The largest absolute Gasteiger partial charge is 0.493 e. The fourth-order valence-electron chi connectivity index (χ4n) is 3.82. The lowest BCUT2D eigenvalue weighted by atomic mass is 9.96. The minimum atomic E-state index is -0.153. The monoisotopic (exact) mass is 409 g/mol. The fraction of sp³-hybridized carbons (Fsp3) is 0.0400. The molecule has 5 aromatic rings. The molecular weight excluding hydrogens is 390 g/mol. The zero-order chi connectivity index (χ0) is 21.4. The summed E-state index contributed by atoms with van der Waals surface area (Å²) in [6, 6.07) is 24.8. The van der Waals surface area contributed by atoms with E-state index >= 15 is 0 Å². The summed E-state index contributed by atoms with van der Waals surface area (Å²) in [5, 5.41) is 9.36. The first-order chi connectivity index (χ1) is 15.2. The first-order valence-electron chi connectivity index (χ1n) is 9.77. The van der Waals surface area contributed by atoms with Crippen LogP contribution in [-0.4, -0.2) is 18.2 Å². The highest BCUT2D eigenvalue weighted by atomic mass is 16.5. The van der Waals surface area contributed by atoms with Crippen LogP contribution in [0.15, 0.2) is 83.4 Å². The molecule has 1 aromatic heterocycles. The molecule has 0 fully saturated rings. The zero-order valence-electron chi connectivity index (χ0n) is 16.8. The number of aromatic nitrogens is 1. The highest BCUT2D eigenvalue weighted by Gasteiger charge is 2.17. The number of amides is 1. The second-order valence-corrected chi connectivity index (χ2v) is 7.15. The number of carbonyl (C=O) groups excluding carboxylic acids is 1. The van der Waals surface area contributed by atoms with Crippen molar-refractivity contribution in [3.63, 3.8) is 0 Å². The molecule has 0 radical (unpaired) electrons. The number of hydrogen-bond acceptors (Lipinski definition) is 5. The zero-order valence-corrected chi connectivity index (χ0v) is 16.8. The Balaban J connectivity index is 1.59. The van der Waals surface area contributed by atoms with Gasteiger partial charge in [0.25, 0.3) is 5.91 Å². The summed E-state index contributed by atoms with van der Waals surface area (Å²) in [6.45, 7) is 0. The predicted molar refractivity (Wildman–Crippen MR) is 122 cm³/mol. The summed E-state index contributed by atoms with van der Waals surface area (Å²) in [5.74, 6) is 0.725. The van der Waals surface area contributed by atoms with Gasteiger partial charge in [-0.15, -0.1) is 0 Å². The van der Waals surface area contributed by atoms with E-state index in [1.807, 2.05) is 78.9 Å². The Morgan fingerprint density at radius 2 is 1.84 bits per heavy atom. The minimum absolute atomic E-state index is 0.153. The fourth-order valence-corrected chi connectivity index (χ4v) is 3.82. The number of para-hydroxylation sites is 1. The number of nitrogens with one attached hydrogen (secondary N) is 1. The minimum Gasteiger partial charge on any atom is -0.493 e. The van der Waals surface area contributed by atoms with Crippen LogP contribution in [0.25, 0.3) is 32.9 Å². The van der Waals surface area contributed by atoms with E-state index in [1.54, 1.807) is 7.11 Å². The summed E-state index contributed by atoms with van der Waals surface area (Å²) in [4.78, 5) is 12.9. The van der Waals surface area contributed by atoms with Crippen molar-refractivity contribution in [1.82, 2.24) is 5.16 Å². The first-order valence-corrected chi connectivity index (χ1v) is 9.77. The Hall–Kier alpha value is -4.32. The molecule has 0 aliphatic heterocycles. The Morgan fingerprint density at radius 3 is 2.65 bits per heavy atom. The van der Waals surface area contributed by atoms with Gasteiger partial charge < -0.3 is 20.3 Å². The lowest BCUT2D eigenvalue weighted by Crippen LogP contribution is -2.12. The molecule has 6 nitrogen and oxygen atoms in total. The van der Waals surface area contributed by atoms with Crippen molar-refractivity contribution in [3.05, 3.63) is 84.4 Å². The third kappa shape index (κ3) is 3.24. The average Bonchev–Trinajstić information content (AvgIpc) is 3.20. The van der Waals surface area contributed by atoms with Crippen LogP contribution in [0, 0.1) is 0 Å². The Bertz CT molecular complexity index is 1420. The highest BCUT2D eigenvalue weighted by Crippen LogP contribution is 2.38. The number of rotatable bonds is 4. The van der Waals surface area contributed by atoms with Crippen molar-refractivity contribution in [1.29, 1.82) is 0 Å². The van der Waals surface area contributed by atoms with Crippen LogP contribution in [0.2, 0.25) is 0 Å². The second-order valence-electron chi connectivity index (χ2n) is 7.15. The van der Waals surface area contributed by atoms with E-state index < -0.39 is 0 Å². The van der Waals surface area contributed by atoms with Crippen LogP contribution < -0.4 is 15.8 Å². The molecule has 0 spiro atoms. The molecule has 5 rings (SSSR count). The molecule has 6 heteroatoms. The van der Waals surface area contributed by atoms with Gasteiger partial charge in [0.2, 0.25) is 5.58 Å². The molecule has 1 heterocycles. The molecule has 0 saturated carbocycles. The molecule has 0 unspecified atom stereocenters. The van der Waals surface area contributed by atoms with E-state index in [9.17, 15) is 4.79 Å². The van der Waals surface area contributed by atoms with Gasteiger partial charge in [0, 0.05) is 11.3 Å². The van der Waals surface area contributed by atoms with E-state index in [0.717, 1.165) is 27.6 Å². The number of fused-ring (bicyclic) bond motifs is 2. The lowest BCUT2D eigenvalue weighted by Gasteiger charge is -2.11. The normalized spacial score (nSPS) is 11.0. The van der Waals surface area contributed by atoms with E-state index in [4.69, 9.17) is 15.0 Å². The summed E-state index contributed by atoms with van der Waals surface area (Å²) in [6.07, 6.45) is 0. The molecule has 0 aliphatic rings. The Kier molecular flexibility index (Phi) is 4.52. The maximum Gasteiger partial charge on any atom is 0.256 e. The van der Waals surface area contributed by atoms with Gasteiger partial charge in [-0.25, -0.2) is 0 Å². The maximum absolute atomic E-state index is 12.9. The number of ether oxygens (including phenoxy) is 1. The van der Waals surface area contributed by atoms with Crippen molar-refractivity contribution in [2.75, 3.05) is 18.2 Å². The van der Waals surface area contributed by atoms with E-state index in [1.165, 1.54) is 0 Å². The number of nitrogens with zero attached hydrogens (tertiary/aromatic N) is 1. The number of nitrogen functional groups attached to an aromatic ring is 1. The summed E-state index contributed by atoms with van der Waals surface area (Å²) in [7, 11) is 1.57. The topological polar surface area (TPSA) is 90.4 Å². The molecular formula is C25H19N3O3. The molecule has 3 N–H and O–H groups in total. The van der Waals surface area contributed by atoms with Crippen molar-refractivity contribution in [3.8, 4) is 16.9 Å². The summed E-state index contributed by atoms with van der Waals surface area (Å²) in [5.41, 5.74) is 9.77. The lowest BCUT2D eigenvalue weighted by molar-refractivity contribution is 0.102. The van der Waals surface area contributed by atoms with Crippen molar-refractivity contribution in [2.24, 2.45) is 0 Å². The van der Waals surface area contributed by atoms with E-state index in [0.29, 0.717) is 28.1 Å². The number of hydrogen-bond donors (Lipinski definition) is 2. The van der Waals surface area contributed by atoms with Gasteiger partial charge in [0.05, 0.1) is 12.5 Å². The molecule has 0 atom stereocenters. The number of anilines is 2. The van der Waals surface area contributed by atoms with Gasteiger partial charge in [-0.3, -0.25) is 4.79 Å².